The minimum absolute atomic E-state index is 0.543. The largest absolute Gasteiger partial charge is 0.456 e. The zero-order valence-corrected chi connectivity index (χ0v) is 26.7. The van der Waals surface area contributed by atoms with E-state index in [1.54, 1.807) is 0 Å². The van der Waals surface area contributed by atoms with Gasteiger partial charge in [0.15, 0.2) is 17.5 Å². The first kappa shape index (κ1) is 28.2. The molecular formula is C45H27N3O2. The van der Waals surface area contributed by atoms with Crippen molar-refractivity contribution in [3.8, 4) is 56.4 Å². The summed E-state index contributed by atoms with van der Waals surface area (Å²) in [6, 6.07) is 55.6. The van der Waals surface area contributed by atoms with Crippen LogP contribution in [-0.4, -0.2) is 15.0 Å². The van der Waals surface area contributed by atoms with Crippen LogP contribution in [0.1, 0.15) is 0 Å². The van der Waals surface area contributed by atoms with Gasteiger partial charge in [0.2, 0.25) is 0 Å². The van der Waals surface area contributed by atoms with Crippen molar-refractivity contribution in [3.05, 3.63) is 164 Å². The molecule has 0 unspecified atom stereocenters. The van der Waals surface area contributed by atoms with Gasteiger partial charge in [-0.1, -0.05) is 133 Å². The van der Waals surface area contributed by atoms with E-state index < -0.39 is 0 Å². The molecule has 10 rings (SSSR count). The summed E-state index contributed by atoms with van der Waals surface area (Å²) in [5, 5.41) is 4.19. The van der Waals surface area contributed by atoms with Crippen molar-refractivity contribution >= 4 is 43.9 Å². The molecule has 3 heterocycles. The predicted octanol–water partition coefficient (Wildman–Crippen LogP) is 12.0. The molecule has 0 fully saturated rings. The van der Waals surface area contributed by atoms with E-state index >= 15 is 0 Å². The molecule has 0 atom stereocenters. The lowest BCUT2D eigenvalue weighted by atomic mass is 9.94. The lowest BCUT2D eigenvalue weighted by Crippen LogP contribution is -2.00. The zero-order chi connectivity index (χ0) is 33.0. The van der Waals surface area contributed by atoms with Gasteiger partial charge in [0.05, 0.1) is 5.56 Å². The van der Waals surface area contributed by atoms with E-state index in [-0.39, 0.29) is 0 Å². The molecule has 0 aliphatic rings. The number of hydrogen-bond acceptors (Lipinski definition) is 5. The molecule has 0 amide bonds. The van der Waals surface area contributed by atoms with Gasteiger partial charge in [0.1, 0.15) is 22.3 Å². The van der Waals surface area contributed by atoms with Gasteiger partial charge in [-0.25, -0.2) is 15.0 Å². The predicted molar refractivity (Wildman–Crippen MR) is 202 cm³/mol. The van der Waals surface area contributed by atoms with Crippen LogP contribution >= 0.6 is 0 Å². The maximum atomic E-state index is 6.73. The van der Waals surface area contributed by atoms with E-state index in [0.717, 1.165) is 82.8 Å². The summed E-state index contributed by atoms with van der Waals surface area (Å²) in [5.41, 5.74) is 10.2. The van der Waals surface area contributed by atoms with E-state index in [1.165, 1.54) is 0 Å². The lowest BCUT2D eigenvalue weighted by Gasteiger charge is -2.11. The molecule has 5 nitrogen and oxygen atoms in total. The third-order valence-electron chi connectivity index (χ3n) is 9.36. The molecule has 5 heteroatoms. The highest BCUT2D eigenvalue weighted by Gasteiger charge is 2.22. The van der Waals surface area contributed by atoms with Crippen molar-refractivity contribution in [2.45, 2.75) is 0 Å². The average molecular weight is 642 g/mol. The number of para-hydroxylation sites is 2. The molecule has 234 valence electrons. The highest BCUT2D eigenvalue weighted by Crippen LogP contribution is 2.45. The molecule has 0 aliphatic carbocycles. The Hall–Kier alpha value is -6.85. The molecular weight excluding hydrogens is 615 g/mol. The Labute approximate surface area is 287 Å². The number of aromatic nitrogens is 3. The summed E-state index contributed by atoms with van der Waals surface area (Å²) in [6.45, 7) is 0. The van der Waals surface area contributed by atoms with Crippen LogP contribution in [-0.2, 0) is 0 Å². The van der Waals surface area contributed by atoms with Crippen LogP contribution in [0.5, 0.6) is 0 Å². The first-order chi connectivity index (χ1) is 24.8. The molecule has 50 heavy (non-hydrogen) atoms. The van der Waals surface area contributed by atoms with Crippen LogP contribution < -0.4 is 0 Å². The maximum Gasteiger partial charge on any atom is 0.167 e. The first-order valence-electron chi connectivity index (χ1n) is 16.6. The van der Waals surface area contributed by atoms with E-state index in [2.05, 4.69) is 84.9 Å². The average Bonchev–Trinajstić information content (AvgIpc) is 3.77. The Morgan fingerprint density at radius 3 is 1.62 bits per heavy atom. The van der Waals surface area contributed by atoms with Crippen molar-refractivity contribution in [3.63, 3.8) is 0 Å². The molecule has 3 aromatic heterocycles. The maximum absolute atomic E-state index is 6.73. The fourth-order valence-corrected chi connectivity index (χ4v) is 7.04. The summed E-state index contributed by atoms with van der Waals surface area (Å²) in [5.74, 6) is 1.73. The third-order valence-corrected chi connectivity index (χ3v) is 9.36. The molecule has 0 N–H and O–H groups in total. The number of benzene rings is 7. The molecule has 0 saturated carbocycles. The van der Waals surface area contributed by atoms with Gasteiger partial charge in [-0.3, -0.25) is 0 Å². The van der Waals surface area contributed by atoms with Crippen molar-refractivity contribution < 1.29 is 8.83 Å². The summed E-state index contributed by atoms with van der Waals surface area (Å²) in [7, 11) is 0. The summed E-state index contributed by atoms with van der Waals surface area (Å²) in [6.07, 6.45) is 0. The Morgan fingerprint density at radius 2 is 0.840 bits per heavy atom. The van der Waals surface area contributed by atoms with Gasteiger partial charge in [0.25, 0.3) is 0 Å². The smallest absolute Gasteiger partial charge is 0.167 e. The number of rotatable bonds is 5. The van der Waals surface area contributed by atoms with Crippen LogP contribution in [0, 0.1) is 0 Å². The van der Waals surface area contributed by atoms with Crippen molar-refractivity contribution in [2.75, 3.05) is 0 Å². The number of furan rings is 2. The van der Waals surface area contributed by atoms with Crippen LogP contribution in [0.15, 0.2) is 173 Å². The standard InChI is InChI=1S/C45H27N3O2/c1-3-13-28(14-4-1)30-17-11-18-31(27-30)44-46-43(29-15-5-2-6-16-29)47-45(48-44)36-26-25-33(41-35-20-8-10-23-38(35)50-42(36)41)32-21-12-24-39-40(32)34-19-7-9-22-37(34)49-39/h1-27H. The molecule has 0 aliphatic heterocycles. The fraction of sp³-hybridized carbons (Fsp3) is 0. The second-order valence-corrected chi connectivity index (χ2v) is 12.4. The SMILES string of the molecule is c1ccc(-c2cccc(-c3nc(-c4ccccc4)nc(-c4ccc(-c5cccc6oc7ccccc7c56)c5c4oc4ccccc45)n3)c2)cc1. The molecule has 0 spiro atoms. The van der Waals surface area contributed by atoms with Gasteiger partial charge < -0.3 is 8.83 Å². The Morgan fingerprint density at radius 1 is 0.320 bits per heavy atom. The normalized spacial score (nSPS) is 11.6. The Kier molecular flexibility index (Phi) is 6.42. The minimum atomic E-state index is 0.543. The highest BCUT2D eigenvalue weighted by atomic mass is 16.3. The molecule has 7 aromatic carbocycles. The summed E-state index contributed by atoms with van der Waals surface area (Å²) >= 11 is 0. The quantitative estimate of drug-likeness (QED) is 0.187. The second kappa shape index (κ2) is 11.4. The molecule has 0 radical (unpaired) electrons. The van der Waals surface area contributed by atoms with E-state index in [4.69, 9.17) is 23.8 Å². The van der Waals surface area contributed by atoms with Gasteiger partial charge in [-0.05, 0) is 52.6 Å². The van der Waals surface area contributed by atoms with Crippen molar-refractivity contribution in [2.24, 2.45) is 0 Å². The molecule has 0 saturated heterocycles. The topological polar surface area (TPSA) is 65.0 Å². The summed E-state index contributed by atoms with van der Waals surface area (Å²) in [4.78, 5) is 15.2. The van der Waals surface area contributed by atoms with Crippen LogP contribution in [0.3, 0.4) is 0 Å². The van der Waals surface area contributed by atoms with Gasteiger partial charge >= 0.3 is 0 Å². The van der Waals surface area contributed by atoms with Crippen molar-refractivity contribution in [1.29, 1.82) is 0 Å². The lowest BCUT2D eigenvalue weighted by molar-refractivity contribution is 0.668. The monoisotopic (exact) mass is 641 g/mol. The van der Waals surface area contributed by atoms with Crippen LogP contribution in [0.2, 0.25) is 0 Å². The van der Waals surface area contributed by atoms with E-state index in [0.29, 0.717) is 17.5 Å². The van der Waals surface area contributed by atoms with Crippen LogP contribution in [0.4, 0.5) is 0 Å². The second-order valence-electron chi connectivity index (χ2n) is 12.4. The van der Waals surface area contributed by atoms with E-state index in [9.17, 15) is 0 Å². The molecule has 0 bridgehead atoms. The van der Waals surface area contributed by atoms with Gasteiger partial charge in [-0.2, -0.15) is 0 Å². The number of nitrogens with zero attached hydrogens (tertiary/aromatic N) is 3. The summed E-state index contributed by atoms with van der Waals surface area (Å²) < 4.78 is 13.0. The van der Waals surface area contributed by atoms with Gasteiger partial charge in [0, 0.05) is 32.7 Å². The fourth-order valence-electron chi connectivity index (χ4n) is 7.04. The minimum Gasteiger partial charge on any atom is -0.456 e. The van der Waals surface area contributed by atoms with Gasteiger partial charge in [-0.15, -0.1) is 0 Å². The van der Waals surface area contributed by atoms with E-state index in [1.807, 2.05) is 78.9 Å². The Balaban J connectivity index is 1.23. The molecule has 10 aromatic rings. The highest BCUT2D eigenvalue weighted by molar-refractivity contribution is 6.21. The van der Waals surface area contributed by atoms with Crippen molar-refractivity contribution in [1.82, 2.24) is 15.0 Å². The third kappa shape index (κ3) is 4.60. The first-order valence-corrected chi connectivity index (χ1v) is 16.6. The van der Waals surface area contributed by atoms with Crippen LogP contribution in [0.25, 0.3) is 100 Å². The zero-order valence-electron chi connectivity index (χ0n) is 26.7. The Bertz CT molecular complexity index is 2870. The number of hydrogen-bond donors (Lipinski definition) is 0. The number of fused-ring (bicyclic) bond motifs is 6.